The fraction of sp³-hybridized carbons (Fsp3) is 0.0833. The summed E-state index contributed by atoms with van der Waals surface area (Å²) in [7, 11) is 0. The van der Waals surface area contributed by atoms with E-state index in [2.05, 4.69) is 20.3 Å². The average Bonchev–Trinajstić information content (AvgIpc) is 2.94. The van der Waals surface area contributed by atoms with E-state index in [1.807, 2.05) is 31.2 Å². The van der Waals surface area contributed by atoms with Crippen molar-refractivity contribution in [2.24, 2.45) is 0 Å². The second kappa shape index (κ2) is 4.23. The van der Waals surface area contributed by atoms with Gasteiger partial charge < -0.3 is 4.98 Å². The van der Waals surface area contributed by atoms with Crippen molar-refractivity contribution >= 4 is 34.2 Å². The minimum atomic E-state index is -0.251. The van der Waals surface area contributed by atoms with Crippen molar-refractivity contribution < 1.29 is 4.79 Å². The molecule has 0 spiro atoms. The predicted octanol–water partition coefficient (Wildman–Crippen LogP) is 2.58. The molecular formula is C12H10N4OS. The first kappa shape index (κ1) is 10.9. The van der Waals surface area contributed by atoms with Crippen LogP contribution in [0.3, 0.4) is 0 Å². The van der Waals surface area contributed by atoms with Gasteiger partial charge in [-0.1, -0.05) is 12.1 Å². The molecule has 0 aliphatic rings. The number of carbonyl (C=O) groups excluding carboxylic acids is 1. The summed E-state index contributed by atoms with van der Waals surface area (Å²) in [5, 5.41) is 5.29. The minimum absolute atomic E-state index is 0.251. The van der Waals surface area contributed by atoms with Gasteiger partial charge in [0, 0.05) is 5.38 Å². The molecule has 0 atom stereocenters. The lowest BCUT2D eigenvalue weighted by atomic mass is 10.3. The van der Waals surface area contributed by atoms with Gasteiger partial charge >= 0.3 is 0 Å². The van der Waals surface area contributed by atoms with Gasteiger partial charge in [0.1, 0.15) is 5.69 Å². The molecule has 0 bridgehead atoms. The Bertz CT molecular complexity index is 683. The second-order valence-electron chi connectivity index (χ2n) is 3.81. The summed E-state index contributed by atoms with van der Waals surface area (Å²) in [5.41, 5.74) is 2.13. The van der Waals surface area contributed by atoms with Crippen LogP contribution in [0.5, 0.6) is 0 Å². The Kier molecular flexibility index (Phi) is 2.56. The summed E-state index contributed by atoms with van der Waals surface area (Å²) in [6.07, 6.45) is 0. The molecule has 6 heteroatoms. The van der Waals surface area contributed by atoms with Gasteiger partial charge in [0.15, 0.2) is 0 Å². The fourth-order valence-corrected chi connectivity index (χ4v) is 2.24. The maximum atomic E-state index is 11.9. The monoisotopic (exact) mass is 258 g/mol. The van der Waals surface area contributed by atoms with Crippen LogP contribution in [0.1, 0.15) is 15.5 Å². The smallest absolute Gasteiger partial charge is 0.277 e. The number of benzene rings is 1. The number of rotatable bonds is 2. The highest BCUT2D eigenvalue weighted by atomic mass is 32.1. The number of anilines is 1. The van der Waals surface area contributed by atoms with Crippen LogP contribution < -0.4 is 5.32 Å². The summed E-state index contributed by atoms with van der Waals surface area (Å²) in [5.74, 6) is 0.185. The molecule has 1 amide bonds. The van der Waals surface area contributed by atoms with Gasteiger partial charge in [0.2, 0.25) is 5.95 Å². The van der Waals surface area contributed by atoms with E-state index in [4.69, 9.17) is 0 Å². The Labute approximate surface area is 107 Å². The Morgan fingerprint density at radius 2 is 2.17 bits per heavy atom. The van der Waals surface area contributed by atoms with Crippen molar-refractivity contribution in [2.75, 3.05) is 5.32 Å². The number of hydrogen-bond acceptors (Lipinski definition) is 4. The van der Waals surface area contributed by atoms with Gasteiger partial charge in [0.25, 0.3) is 5.91 Å². The van der Waals surface area contributed by atoms with E-state index >= 15 is 0 Å². The predicted molar refractivity (Wildman–Crippen MR) is 70.9 cm³/mol. The van der Waals surface area contributed by atoms with Gasteiger partial charge in [-0.3, -0.25) is 10.1 Å². The number of amides is 1. The van der Waals surface area contributed by atoms with Crippen LogP contribution in [0.15, 0.2) is 29.6 Å². The largest absolute Gasteiger partial charge is 0.324 e. The maximum Gasteiger partial charge on any atom is 0.277 e. The molecule has 0 saturated carbocycles. The molecule has 0 saturated heterocycles. The molecule has 1 aromatic carbocycles. The zero-order chi connectivity index (χ0) is 12.5. The lowest BCUT2D eigenvalue weighted by molar-refractivity contribution is 0.102. The highest BCUT2D eigenvalue weighted by Crippen LogP contribution is 2.14. The first-order chi connectivity index (χ1) is 8.72. The summed E-state index contributed by atoms with van der Waals surface area (Å²) in [6.45, 7) is 1.86. The second-order valence-corrected chi connectivity index (χ2v) is 4.87. The van der Waals surface area contributed by atoms with Gasteiger partial charge in [-0.15, -0.1) is 11.3 Å². The molecule has 0 unspecified atom stereocenters. The quantitative estimate of drug-likeness (QED) is 0.742. The molecule has 2 N–H and O–H groups in total. The molecule has 18 heavy (non-hydrogen) atoms. The molecule has 2 aromatic heterocycles. The number of carbonyl (C=O) groups is 1. The SMILES string of the molecule is Cc1nc(C(=O)Nc2nc3ccccc3[nH]2)cs1. The minimum Gasteiger partial charge on any atom is -0.324 e. The number of H-pyrrole nitrogens is 1. The third kappa shape index (κ3) is 1.98. The number of hydrogen-bond donors (Lipinski definition) is 2. The Morgan fingerprint density at radius 3 is 2.89 bits per heavy atom. The molecule has 0 aliphatic heterocycles. The van der Waals surface area contributed by atoms with Crippen LogP contribution in [0.4, 0.5) is 5.95 Å². The maximum absolute atomic E-state index is 11.9. The number of para-hydroxylation sites is 2. The number of nitrogens with one attached hydrogen (secondary N) is 2. The number of thiazole rings is 1. The standard InChI is InChI=1S/C12H10N4OS/c1-7-13-10(6-18-7)11(17)16-12-14-8-4-2-3-5-9(8)15-12/h2-6H,1H3,(H2,14,15,16,17). The molecule has 0 fully saturated rings. The van der Waals surface area contributed by atoms with Crippen molar-refractivity contribution in [1.29, 1.82) is 0 Å². The highest BCUT2D eigenvalue weighted by molar-refractivity contribution is 7.09. The first-order valence-electron chi connectivity index (χ1n) is 5.40. The van der Waals surface area contributed by atoms with E-state index in [-0.39, 0.29) is 5.91 Å². The van der Waals surface area contributed by atoms with Crippen molar-refractivity contribution in [2.45, 2.75) is 6.92 Å². The van der Waals surface area contributed by atoms with Crippen LogP contribution in [-0.4, -0.2) is 20.9 Å². The van der Waals surface area contributed by atoms with E-state index in [0.717, 1.165) is 16.0 Å². The van der Waals surface area contributed by atoms with Crippen molar-refractivity contribution in [3.05, 3.63) is 40.3 Å². The summed E-state index contributed by atoms with van der Waals surface area (Å²) in [6, 6.07) is 7.61. The number of fused-ring (bicyclic) bond motifs is 1. The van der Waals surface area contributed by atoms with E-state index in [1.165, 1.54) is 11.3 Å². The normalized spacial score (nSPS) is 10.7. The van der Waals surface area contributed by atoms with Gasteiger partial charge in [-0.2, -0.15) is 0 Å². The van der Waals surface area contributed by atoms with Gasteiger partial charge in [0.05, 0.1) is 16.0 Å². The third-order valence-electron chi connectivity index (χ3n) is 2.47. The number of nitrogens with zero attached hydrogens (tertiary/aromatic N) is 2. The van der Waals surface area contributed by atoms with Crippen LogP contribution in [0, 0.1) is 6.92 Å². The number of aromatic amines is 1. The summed E-state index contributed by atoms with van der Waals surface area (Å²) < 4.78 is 0. The molecule has 0 radical (unpaired) electrons. The van der Waals surface area contributed by atoms with E-state index in [0.29, 0.717) is 11.6 Å². The zero-order valence-electron chi connectivity index (χ0n) is 9.60. The van der Waals surface area contributed by atoms with Crippen molar-refractivity contribution in [1.82, 2.24) is 15.0 Å². The van der Waals surface area contributed by atoms with Crippen molar-refractivity contribution in [3.8, 4) is 0 Å². The fourth-order valence-electron chi connectivity index (χ4n) is 1.65. The van der Waals surface area contributed by atoms with E-state index in [1.54, 1.807) is 5.38 Å². The molecular weight excluding hydrogens is 248 g/mol. The molecule has 3 rings (SSSR count). The number of aromatic nitrogens is 3. The third-order valence-corrected chi connectivity index (χ3v) is 3.25. The summed E-state index contributed by atoms with van der Waals surface area (Å²) in [4.78, 5) is 23.3. The lowest BCUT2D eigenvalue weighted by Crippen LogP contribution is -2.13. The molecule has 0 aliphatic carbocycles. The Balaban J connectivity index is 1.86. The van der Waals surface area contributed by atoms with E-state index < -0.39 is 0 Å². The summed E-state index contributed by atoms with van der Waals surface area (Å²) >= 11 is 1.45. The molecule has 3 aromatic rings. The van der Waals surface area contributed by atoms with Crippen LogP contribution >= 0.6 is 11.3 Å². The topological polar surface area (TPSA) is 70.7 Å². The van der Waals surface area contributed by atoms with Crippen molar-refractivity contribution in [3.63, 3.8) is 0 Å². The Hall–Kier alpha value is -2.21. The molecule has 90 valence electrons. The highest BCUT2D eigenvalue weighted by Gasteiger charge is 2.11. The zero-order valence-corrected chi connectivity index (χ0v) is 10.4. The van der Waals surface area contributed by atoms with Gasteiger partial charge in [-0.05, 0) is 19.1 Å². The number of aryl methyl sites for hydroxylation is 1. The Morgan fingerprint density at radius 1 is 1.33 bits per heavy atom. The molecule has 2 heterocycles. The van der Waals surface area contributed by atoms with Gasteiger partial charge in [-0.25, -0.2) is 9.97 Å². The van der Waals surface area contributed by atoms with Crippen LogP contribution in [0.25, 0.3) is 11.0 Å². The average molecular weight is 258 g/mol. The first-order valence-corrected chi connectivity index (χ1v) is 6.28. The molecule has 5 nitrogen and oxygen atoms in total. The van der Waals surface area contributed by atoms with Crippen LogP contribution in [0.2, 0.25) is 0 Å². The van der Waals surface area contributed by atoms with Crippen LogP contribution in [-0.2, 0) is 0 Å². The number of imidazole rings is 1. The lowest BCUT2D eigenvalue weighted by Gasteiger charge is -1.97. The van der Waals surface area contributed by atoms with E-state index in [9.17, 15) is 4.79 Å².